The standard InChI is InChI=1S/C16H16N2O2/c1-3-5-12(4-2)11-18-9-8-13-6-7-14(10-15(13)18)16(19)17-20/h3-10,20H,1-2,11H2,(H,17,19)/b12-5+. The Bertz CT molecular complexity index is 696. The number of aromatic nitrogens is 1. The number of amides is 1. The quantitative estimate of drug-likeness (QED) is 0.497. The highest BCUT2D eigenvalue weighted by Gasteiger charge is 2.08. The predicted molar refractivity (Wildman–Crippen MR) is 79.7 cm³/mol. The number of allylic oxidation sites excluding steroid dienone is 4. The second-order valence-corrected chi connectivity index (χ2v) is 4.34. The Hall–Kier alpha value is -2.59. The Morgan fingerprint density at radius 3 is 2.80 bits per heavy atom. The summed E-state index contributed by atoms with van der Waals surface area (Å²) in [4.78, 5) is 11.5. The van der Waals surface area contributed by atoms with Crippen LogP contribution in [-0.2, 0) is 6.54 Å². The van der Waals surface area contributed by atoms with Crippen LogP contribution in [0, 0.1) is 0 Å². The normalized spacial score (nSPS) is 11.3. The van der Waals surface area contributed by atoms with Crippen LogP contribution in [0.3, 0.4) is 0 Å². The fourth-order valence-corrected chi connectivity index (χ4v) is 2.06. The van der Waals surface area contributed by atoms with Crippen molar-refractivity contribution in [3.63, 3.8) is 0 Å². The van der Waals surface area contributed by atoms with Gasteiger partial charge in [-0.1, -0.05) is 37.5 Å². The molecule has 0 aliphatic rings. The van der Waals surface area contributed by atoms with Gasteiger partial charge in [-0.2, -0.15) is 0 Å². The lowest BCUT2D eigenvalue weighted by atomic mass is 10.1. The van der Waals surface area contributed by atoms with Gasteiger partial charge >= 0.3 is 0 Å². The molecule has 2 aromatic rings. The highest BCUT2D eigenvalue weighted by atomic mass is 16.5. The van der Waals surface area contributed by atoms with Gasteiger partial charge in [0.25, 0.3) is 5.91 Å². The van der Waals surface area contributed by atoms with E-state index >= 15 is 0 Å². The summed E-state index contributed by atoms with van der Waals surface area (Å²) in [6.07, 6.45) is 7.33. The molecule has 0 radical (unpaired) electrons. The van der Waals surface area contributed by atoms with E-state index in [4.69, 9.17) is 5.21 Å². The molecule has 0 aliphatic carbocycles. The van der Waals surface area contributed by atoms with Gasteiger partial charge in [-0.25, -0.2) is 5.48 Å². The van der Waals surface area contributed by atoms with Crippen molar-refractivity contribution in [2.75, 3.05) is 0 Å². The second kappa shape index (κ2) is 6.04. The first-order valence-electron chi connectivity index (χ1n) is 6.17. The predicted octanol–water partition coefficient (Wildman–Crippen LogP) is 3.06. The molecule has 1 heterocycles. The summed E-state index contributed by atoms with van der Waals surface area (Å²) in [5, 5.41) is 9.72. The highest BCUT2D eigenvalue weighted by molar-refractivity contribution is 5.97. The first-order chi connectivity index (χ1) is 9.69. The van der Waals surface area contributed by atoms with Crippen molar-refractivity contribution in [2.24, 2.45) is 0 Å². The molecule has 0 fully saturated rings. The van der Waals surface area contributed by atoms with E-state index in [0.29, 0.717) is 12.1 Å². The average molecular weight is 268 g/mol. The maximum Gasteiger partial charge on any atom is 0.274 e. The van der Waals surface area contributed by atoms with Gasteiger partial charge < -0.3 is 4.57 Å². The lowest BCUT2D eigenvalue weighted by molar-refractivity contribution is 0.0706. The SMILES string of the molecule is C=C/C=C(\C=C)Cn1ccc2ccc(C(=O)NO)cc21. The Kier molecular flexibility index (Phi) is 4.17. The molecule has 0 saturated heterocycles. The molecule has 0 bridgehead atoms. The molecule has 0 unspecified atom stereocenters. The van der Waals surface area contributed by atoms with E-state index in [0.717, 1.165) is 16.5 Å². The van der Waals surface area contributed by atoms with E-state index in [1.54, 1.807) is 29.8 Å². The maximum absolute atomic E-state index is 11.5. The molecule has 0 atom stereocenters. The van der Waals surface area contributed by atoms with Crippen LogP contribution in [0.25, 0.3) is 10.9 Å². The van der Waals surface area contributed by atoms with Gasteiger partial charge in [0, 0.05) is 23.8 Å². The number of nitrogens with one attached hydrogen (secondary N) is 1. The van der Waals surface area contributed by atoms with Crippen LogP contribution < -0.4 is 5.48 Å². The van der Waals surface area contributed by atoms with Crippen LogP contribution in [-0.4, -0.2) is 15.7 Å². The summed E-state index contributed by atoms with van der Waals surface area (Å²) in [5.74, 6) is -0.523. The van der Waals surface area contributed by atoms with Crippen molar-refractivity contribution in [1.29, 1.82) is 0 Å². The molecular weight excluding hydrogens is 252 g/mol. The van der Waals surface area contributed by atoms with E-state index in [1.165, 1.54) is 0 Å². The molecule has 2 N–H and O–H groups in total. The molecule has 20 heavy (non-hydrogen) atoms. The molecular formula is C16H16N2O2. The summed E-state index contributed by atoms with van der Waals surface area (Å²) in [7, 11) is 0. The summed E-state index contributed by atoms with van der Waals surface area (Å²) in [6, 6.07) is 7.24. The number of rotatable bonds is 5. The van der Waals surface area contributed by atoms with Gasteiger partial charge in [-0.15, -0.1) is 0 Å². The number of carbonyl (C=O) groups is 1. The van der Waals surface area contributed by atoms with Crippen molar-refractivity contribution < 1.29 is 10.0 Å². The molecule has 102 valence electrons. The van der Waals surface area contributed by atoms with Gasteiger partial charge in [0.1, 0.15) is 0 Å². The number of hydrogen-bond donors (Lipinski definition) is 2. The molecule has 1 aromatic carbocycles. The molecule has 0 spiro atoms. The van der Waals surface area contributed by atoms with Gasteiger partial charge in [0.05, 0.1) is 0 Å². The monoisotopic (exact) mass is 268 g/mol. The Labute approximate surface area is 117 Å². The minimum atomic E-state index is -0.523. The fraction of sp³-hybridized carbons (Fsp3) is 0.0625. The molecule has 4 heteroatoms. The first kappa shape index (κ1) is 13.8. The van der Waals surface area contributed by atoms with Gasteiger partial charge in [-0.3, -0.25) is 10.0 Å². The topological polar surface area (TPSA) is 54.3 Å². The molecule has 2 rings (SSSR count). The smallest absolute Gasteiger partial charge is 0.274 e. The van der Waals surface area contributed by atoms with Crippen LogP contribution in [0.4, 0.5) is 0 Å². The van der Waals surface area contributed by atoms with Gasteiger partial charge in [-0.05, 0) is 29.2 Å². The van der Waals surface area contributed by atoms with E-state index in [9.17, 15) is 4.79 Å². The number of hydroxylamine groups is 1. The largest absolute Gasteiger partial charge is 0.343 e. The highest BCUT2D eigenvalue weighted by Crippen LogP contribution is 2.19. The summed E-state index contributed by atoms with van der Waals surface area (Å²) in [6.45, 7) is 8.09. The van der Waals surface area contributed by atoms with Crippen molar-refractivity contribution in [3.8, 4) is 0 Å². The fourth-order valence-electron chi connectivity index (χ4n) is 2.06. The zero-order chi connectivity index (χ0) is 14.5. The van der Waals surface area contributed by atoms with Crippen LogP contribution in [0.5, 0.6) is 0 Å². The molecule has 0 aliphatic heterocycles. The third kappa shape index (κ3) is 2.70. The summed E-state index contributed by atoms with van der Waals surface area (Å²) in [5.41, 5.74) is 3.99. The second-order valence-electron chi connectivity index (χ2n) is 4.34. The number of carbonyl (C=O) groups excluding carboxylic acids is 1. The van der Waals surface area contributed by atoms with Crippen LogP contribution in [0.15, 0.2) is 67.4 Å². The minimum Gasteiger partial charge on any atom is -0.343 e. The number of nitrogens with zero attached hydrogens (tertiary/aromatic N) is 1. The summed E-state index contributed by atoms with van der Waals surface area (Å²) >= 11 is 0. The van der Waals surface area contributed by atoms with E-state index in [2.05, 4.69) is 13.2 Å². The average Bonchev–Trinajstić information content (AvgIpc) is 2.88. The number of benzene rings is 1. The summed E-state index contributed by atoms with van der Waals surface area (Å²) < 4.78 is 2.01. The van der Waals surface area contributed by atoms with E-state index < -0.39 is 5.91 Å². The third-order valence-electron chi connectivity index (χ3n) is 3.08. The lowest BCUT2D eigenvalue weighted by Crippen LogP contribution is -2.18. The maximum atomic E-state index is 11.5. The molecule has 0 saturated carbocycles. The third-order valence-corrected chi connectivity index (χ3v) is 3.08. The molecule has 1 amide bonds. The first-order valence-corrected chi connectivity index (χ1v) is 6.17. The number of fused-ring (bicyclic) bond motifs is 1. The number of hydrogen-bond acceptors (Lipinski definition) is 2. The molecule has 1 aromatic heterocycles. The Balaban J connectivity index is 2.44. The Morgan fingerprint density at radius 1 is 1.35 bits per heavy atom. The van der Waals surface area contributed by atoms with Crippen molar-refractivity contribution in [2.45, 2.75) is 6.54 Å². The van der Waals surface area contributed by atoms with E-state index in [1.807, 2.05) is 29.0 Å². The van der Waals surface area contributed by atoms with Crippen molar-refractivity contribution >= 4 is 16.8 Å². The van der Waals surface area contributed by atoms with E-state index in [-0.39, 0.29) is 0 Å². The van der Waals surface area contributed by atoms with Crippen molar-refractivity contribution in [1.82, 2.24) is 10.0 Å². The zero-order valence-corrected chi connectivity index (χ0v) is 11.0. The van der Waals surface area contributed by atoms with Crippen LogP contribution >= 0.6 is 0 Å². The van der Waals surface area contributed by atoms with Crippen LogP contribution in [0.1, 0.15) is 10.4 Å². The van der Waals surface area contributed by atoms with Gasteiger partial charge in [0.2, 0.25) is 0 Å². The molecule has 4 nitrogen and oxygen atoms in total. The van der Waals surface area contributed by atoms with Crippen molar-refractivity contribution in [3.05, 3.63) is 73.0 Å². The Morgan fingerprint density at radius 2 is 2.15 bits per heavy atom. The zero-order valence-electron chi connectivity index (χ0n) is 11.0. The minimum absolute atomic E-state index is 0.410. The van der Waals surface area contributed by atoms with Crippen LogP contribution in [0.2, 0.25) is 0 Å². The lowest BCUT2D eigenvalue weighted by Gasteiger charge is -2.07. The van der Waals surface area contributed by atoms with Gasteiger partial charge in [0.15, 0.2) is 0 Å².